The van der Waals surface area contributed by atoms with Crippen LogP contribution in [0.15, 0.2) is 77.4 Å². The number of furan rings is 1. The number of carbonyl (C=O) groups is 2. The Balaban J connectivity index is 1.75. The Morgan fingerprint density at radius 3 is 2.65 bits per heavy atom. The molecule has 2 heterocycles. The number of nitrogens with one attached hydrogen (secondary N) is 1. The predicted octanol–water partition coefficient (Wildman–Crippen LogP) is 4.87. The molecule has 0 aliphatic carbocycles. The fourth-order valence-corrected chi connectivity index (χ4v) is 3.23. The Bertz CT molecular complexity index is 1230. The molecule has 31 heavy (non-hydrogen) atoms. The molecular weight excluding hydrogens is 394 g/mol. The second kappa shape index (κ2) is 8.71. The molecule has 2 aromatic heterocycles. The van der Waals surface area contributed by atoms with Crippen molar-refractivity contribution in [1.29, 1.82) is 0 Å². The van der Waals surface area contributed by atoms with Gasteiger partial charge in [-0.05, 0) is 55.8 Å². The maximum absolute atomic E-state index is 12.3. The standard InChI is InChI=1S/C24H21N3O4/c1-3-30-24(29)19-15-21(27(26-19)20-11-5-4-8-16(20)2)17-9-6-10-18(14-17)25-23(28)22-12-7-13-31-22/h4-15H,3H2,1-2H3,(H,25,28). The summed E-state index contributed by atoms with van der Waals surface area (Å²) >= 11 is 0. The van der Waals surface area contributed by atoms with Gasteiger partial charge in [-0.3, -0.25) is 4.79 Å². The van der Waals surface area contributed by atoms with Crippen LogP contribution in [-0.2, 0) is 4.74 Å². The number of para-hydroxylation sites is 1. The monoisotopic (exact) mass is 415 g/mol. The third-order valence-corrected chi connectivity index (χ3v) is 4.70. The average molecular weight is 415 g/mol. The molecule has 0 aliphatic rings. The minimum atomic E-state index is -0.488. The second-order valence-electron chi connectivity index (χ2n) is 6.85. The van der Waals surface area contributed by atoms with Crippen molar-refractivity contribution >= 4 is 17.6 Å². The van der Waals surface area contributed by atoms with Crippen LogP contribution in [0.4, 0.5) is 5.69 Å². The number of amides is 1. The molecule has 0 saturated carbocycles. The molecule has 0 atom stereocenters. The quantitative estimate of drug-likeness (QED) is 0.454. The third kappa shape index (κ3) is 4.25. The van der Waals surface area contributed by atoms with E-state index in [0.717, 1.165) is 16.8 Å². The molecule has 2 aromatic carbocycles. The van der Waals surface area contributed by atoms with E-state index in [4.69, 9.17) is 9.15 Å². The first-order chi connectivity index (χ1) is 15.1. The zero-order valence-electron chi connectivity index (χ0n) is 17.2. The summed E-state index contributed by atoms with van der Waals surface area (Å²) in [5.41, 5.74) is 4.14. The number of esters is 1. The highest BCUT2D eigenvalue weighted by molar-refractivity contribution is 6.02. The number of hydrogen-bond donors (Lipinski definition) is 1. The van der Waals surface area contributed by atoms with E-state index in [1.165, 1.54) is 6.26 Å². The highest BCUT2D eigenvalue weighted by Crippen LogP contribution is 2.28. The van der Waals surface area contributed by atoms with E-state index in [1.54, 1.807) is 35.9 Å². The van der Waals surface area contributed by atoms with Crippen molar-refractivity contribution in [2.24, 2.45) is 0 Å². The van der Waals surface area contributed by atoms with Crippen LogP contribution in [0.25, 0.3) is 16.9 Å². The predicted molar refractivity (Wildman–Crippen MR) is 116 cm³/mol. The minimum Gasteiger partial charge on any atom is -0.461 e. The molecule has 4 aromatic rings. The van der Waals surface area contributed by atoms with Crippen molar-refractivity contribution in [2.45, 2.75) is 13.8 Å². The van der Waals surface area contributed by atoms with Gasteiger partial charge in [-0.2, -0.15) is 5.10 Å². The van der Waals surface area contributed by atoms with E-state index in [0.29, 0.717) is 11.4 Å². The lowest BCUT2D eigenvalue weighted by atomic mass is 10.1. The first-order valence-corrected chi connectivity index (χ1v) is 9.85. The van der Waals surface area contributed by atoms with Gasteiger partial charge in [-0.25, -0.2) is 9.48 Å². The average Bonchev–Trinajstić information content (AvgIpc) is 3.45. The van der Waals surface area contributed by atoms with Crippen LogP contribution in [0.2, 0.25) is 0 Å². The normalized spacial score (nSPS) is 10.6. The molecule has 1 N–H and O–H groups in total. The van der Waals surface area contributed by atoms with Gasteiger partial charge < -0.3 is 14.5 Å². The molecule has 7 heteroatoms. The topological polar surface area (TPSA) is 86.4 Å². The SMILES string of the molecule is CCOC(=O)c1cc(-c2cccc(NC(=O)c3ccco3)c2)n(-c2ccccc2C)n1. The third-order valence-electron chi connectivity index (χ3n) is 4.70. The molecule has 7 nitrogen and oxygen atoms in total. The highest BCUT2D eigenvalue weighted by Gasteiger charge is 2.19. The Labute approximate surface area is 179 Å². The lowest BCUT2D eigenvalue weighted by Gasteiger charge is -2.11. The molecule has 156 valence electrons. The van der Waals surface area contributed by atoms with Crippen molar-refractivity contribution in [3.63, 3.8) is 0 Å². The van der Waals surface area contributed by atoms with E-state index in [-0.39, 0.29) is 24.0 Å². The zero-order valence-corrected chi connectivity index (χ0v) is 17.2. The van der Waals surface area contributed by atoms with Crippen LogP contribution < -0.4 is 5.32 Å². The number of aryl methyl sites for hydroxylation is 1. The molecule has 1 amide bonds. The first-order valence-electron chi connectivity index (χ1n) is 9.85. The Morgan fingerprint density at radius 2 is 1.90 bits per heavy atom. The first kappa shape index (κ1) is 20.2. The maximum Gasteiger partial charge on any atom is 0.358 e. The van der Waals surface area contributed by atoms with E-state index >= 15 is 0 Å². The minimum absolute atomic E-state index is 0.213. The van der Waals surface area contributed by atoms with Gasteiger partial charge in [0, 0.05) is 11.3 Å². The number of ether oxygens (including phenoxy) is 1. The maximum atomic E-state index is 12.3. The largest absolute Gasteiger partial charge is 0.461 e. The van der Waals surface area contributed by atoms with Gasteiger partial charge in [0.2, 0.25) is 0 Å². The van der Waals surface area contributed by atoms with E-state index in [1.807, 2.05) is 49.4 Å². The van der Waals surface area contributed by atoms with Gasteiger partial charge in [-0.15, -0.1) is 0 Å². The number of carbonyl (C=O) groups excluding carboxylic acids is 2. The van der Waals surface area contributed by atoms with Crippen LogP contribution >= 0.6 is 0 Å². The summed E-state index contributed by atoms with van der Waals surface area (Å²) in [6.07, 6.45) is 1.45. The number of aromatic nitrogens is 2. The fraction of sp³-hybridized carbons (Fsp3) is 0.125. The number of anilines is 1. The van der Waals surface area contributed by atoms with Crippen LogP contribution in [-0.4, -0.2) is 28.3 Å². The molecule has 0 unspecified atom stereocenters. The summed E-state index contributed by atoms with van der Waals surface area (Å²) < 4.78 is 12.0. The van der Waals surface area contributed by atoms with Crippen molar-refractivity contribution in [2.75, 3.05) is 11.9 Å². The number of benzene rings is 2. The molecule has 4 rings (SSSR count). The molecule has 0 spiro atoms. The lowest BCUT2D eigenvalue weighted by molar-refractivity contribution is 0.0519. The van der Waals surface area contributed by atoms with Crippen molar-refractivity contribution < 1.29 is 18.7 Å². The molecular formula is C24H21N3O4. The number of nitrogens with zero attached hydrogens (tertiary/aromatic N) is 2. The lowest BCUT2D eigenvalue weighted by Crippen LogP contribution is -2.10. The summed E-state index contributed by atoms with van der Waals surface area (Å²) in [4.78, 5) is 24.7. The second-order valence-corrected chi connectivity index (χ2v) is 6.85. The molecule has 0 fully saturated rings. The highest BCUT2D eigenvalue weighted by atomic mass is 16.5. The van der Waals surface area contributed by atoms with Gasteiger partial charge in [0.05, 0.1) is 24.3 Å². The summed E-state index contributed by atoms with van der Waals surface area (Å²) in [5.74, 6) is -0.611. The Morgan fingerprint density at radius 1 is 1.06 bits per heavy atom. The van der Waals surface area contributed by atoms with Crippen LogP contribution in [0.1, 0.15) is 33.5 Å². The van der Waals surface area contributed by atoms with Gasteiger partial charge in [0.25, 0.3) is 5.91 Å². The Hall–Kier alpha value is -4.13. The van der Waals surface area contributed by atoms with Gasteiger partial charge in [-0.1, -0.05) is 30.3 Å². The Kier molecular flexibility index (Phi) is 5.66. The number of rotatable bonds is 6. The number of hydrogen-bond acceptors (Lipinski definition) is 5. The molecule has 0 radical (unpaired) electrons. The van der Waals surface area contributed by atoms with Crippen LogP contribution in [0.5, 0.6) is 0 Å². The van der Waals surface area contributed by atoms with Gasteiger partial charge >= 0.3 is 5.97 Å². The summed E-state index contributed by atoms with van der Waals surface area (Å²) in [5, 5.41) is 7.33. The van der Waals surface area contributed by atoms with Crippen LogP contribution in [0, 0.1) is 6.92 Å². The van der Waals surface area contributed by atoms with Crippen LogP contribution in [0.3, 0.4) is 0 Å². The summed E-state index contributed by atoms with van der Waals surface area (Å²) in [6.45, 7) is 3.99. The van der Waals surface area contributed by atoms with Gasteiger partial charge in [0.15, 0.2) is 11.5 Å². The molecule has 0 aliphatic heterocycles. The van der Waals surface area contributed by atoms with E-state index in [9.17, 15) is 9.59 Å². The van der Waals surface area contributed by atoms with E-state index in [2.05, 4.69) is 10.4 Å². The zero-order chi connectivity index (χ0) is 21.8. The van der Waals surface area contributed by atoms with Crippen molar-refractivity contribution in [3.8, 4) is 16.9 Å². The molecule has 0 bridgehead atoms. The smallest absolute Gasteiger partial charge is 0.358 e. The van der Waals surface area contributed by atoms with Crippen molar-refractivity contribution in [3.05, 3.63) is 90.0 Å². The fourth-order valence-electron chi connectivity index (χ4n) is 3.23. The molecule has 0 saturated heterocycles. The summed E-state index contributed by atoms with van der Waals surface area (Å²) in [6, 6.07) is 20.0. The van der Waals surface area contributed by atoms with Crippen molar-refractivity contribution in [1.82, 2.24) is 9.78 Å². The van der Waals surface area contributed by atoms with Gasteiger partial charge in [0.1, 0.15) is 0 Å². The van der Waals surface area contributed by atoms with E-state index < -0.39 is 5.97 Å². The summed E-state index contributed by atoms with van der Waals surface area (Å²) in [7, 11) is 0.